The molecule has 23 aromatic carbocycles. The maximum Gasteiger partial charge on any atom is 0.0619 e. The molecule has 0 aliphatic heterocycles. The van der Waals surface area contributed by atoms with Gasteiger partial charge in [0.25, 0.3) is 0 Å². The van der Waals surface area contributed by atoms with Crippen molar-refractivity contribution in [3.63, 3.8) is 0 Å². The largest absolute Gasteiger partial charge is 0.309 e. The Kier molecular flexibility index (Phi) is 19.3. The van der Waals surface area contributed by atoms with Crippen LogP contribution in [0.25, 0.3) is 270 Å². The van der Waals surface area contributed by atoms with E-state index in [9.17, 15) is 0 Å². The Bertz CT molecular complexity index is 10100. The molecule has 0 spiro atoms. The molecule has 30 rings (SSSR count). The van der Waals surface area contributed by atoms with Crippen LogP contribution in [0.5, 0.6) is 0 Å². The van der Waals surface area contributed by atoms with E-state index in [1.165, 1.54) is 197 Å². The van der Waals surface area contributed by atoms with E-state index in [1.807, 2.05) is 0 Å². The molecule has 0 unspecified atom stereocenters. The molecule has 0 saturated heterocycles. The summed E-state index contributed by atoms with van der Waals surface area (Å²) in [6.07, 6.45) is 0. The molecule has 145 heavy (non-hydrogen) atoms. The van der Waals surface area contributed by atoms with Gasteiger partial charge in [-0.2, -0.15) is 0 Å². The van der Waals surface area contributed by atoms with Gasteiger partial charge in [0, 0.05) is 126 Å². The van der Waals surface area contributed by atoms with Gasteiger partial charge in [-0.25, -0.2) is 0 Å². The summed E-state index contributed by atoms with van der Waals surface area (Å²) in [7, 11) is 0. The Morgan fingerprint density at radius 3 is 0.497 bits per heavy atom. The molecule has 7 aromatic heterocycles. The summed E-state index contributed by atoms with van der Waals surface area (Å²) in [6, 6.07) is 198. The summed E-state index contributed by atoms with van der Waals surface area (Å²) in [5.74, 6) is 0. The third kappa shape index (κ3) is 13.5. The summed E-state index contributed by atoms with van der Waals surface area (Å²) in [5, 5.41) is 17.5. The van der Waals surface area contributed by atoms with E-state index in [0.717, 1.165) is 73.1 Å². The molecule has 0 aliphatic rings. The van der Waals surface area contributed by atoms with Crippen LogP contribution in [0.15, 0.2) is 540 Å². The van der Waals surface area contributed by atoms with E-state index < -0.39 is 0 Å². The molecule has 0 amide bonds. The van der Waals surface area contributed by atoms with Crippen LogP contribution in [0.4, 0.5) is 0 Å². The van der Waals surface area contributed by atoms with Gasteiger partial charge in [0.15, 0.2) is 0 Å². The van der Waals surface area contributed by atoms with Crippen LogP contribution >= 0.6 is 0 Å². The van der Waals surface area contributed by atoms with Crippen LogP contribution < -0.4 is 0 Å². The maximum absolute atomic E-state index is 2.50. The summed E-state index contributed by atoms with van der Waals surface area (Å²) in [5.41, 5.74) is 41.1. The third-order valence-corrected chi connectivity index (χ3v) is 30.2. The van der Waals surface area contributed by atoms with E-state index in [1.54, 1.807) is 0 Å². The van der Waals surface area contributed by atoms with Crippen molar-refractivity contribution < 1.29 is 0 Å². The van der Waals surface area contributed by atoms with E-state index in [4.69, 9.17) is 0 Å². The zero-order chi connectivity index (χ0) is 95.3. The van der Waals surface area contributed by atoms with Crippen molar-refractivity contribution in [1.29, 1.82) is 0 Å². The number of nitrogens with zero attached hydrogens (tertiary/aromatic N) is 7. The molecule has 0 bridgehead atoms. The minimum Gasteiger partial charge on any atom is -0.309 e. The minimum absolute atomic E-state index is 1.10. The van der Waals surface area contributed by atoms with Crippen molar-refractivity contribution in [2.45, 2.75) is 0 Å². The third-order valence-electron chi connectivity index (χ3n) is 30.2. The van der Waals surface area contributed by atoms with Gasteiger partial charge in [-0.15, -0.1) is 0 Å². The Balaban J connectivity index is 0.000000142. The van der Waals surface area contributed by atoms with E-state index in [-0.39, 0.29) is 0 Å². The molecule has 0 saturated carbocycles. The van der Waals surface area contributed by atoms with E-state index in [0.29, 0.717) is 0 Å². The first-order valence-corrected chi connectivity index (χ1v) is 49.9. The van der Waals surface area contributed by atoms with Gasteiger partial charge >= 0.3 is 0 Å². The van der Waals surface area contributed by atoms with Gasteiger partial charge in [0.05, 0.1) is 77.2 Å². The van der Waals surface area contributed by atoms with Crippen LogP contribution in [0.2, 0.25) is 0 Å². The lowest BCUT2D eigenvalue weighted by molar-refractivity contribution is 1.17. The van der Waals surface area contributed by atoms with Crippen molar-refractivity contribution in [3.05, 3.63) is 540 Å². The average Bonchev–Trinajstić information content (AvgIpc) is 1.63. The second-order valence-electron chi connectivity index (χ2n) is 38.2. The first-order chi connectivity index (χ1) is 71.9. The SMILES string of the molecule is c1ccc(-c2ccc(-n3c4ccccc4c4cc(-c5ccc(-n6c7ccccc7c7ccccc76)cc5)cc(-c5ccc(-n6c7ccccc7c7ccccc76)cc5)c43)cc2)cc1.c1ccc(-c2ccc3c(c2)c2cc(-c4ccc(-n5c6ccccc6c6ccccc65)cc4)cc(-c4ccc(-n5c6ccccc6c6ccccc65)cc4)c2n3-c2ccc(-c3ccc(-n4c5ccccc5c5ccccc54)cc3)cc2)cc1. The summed E-state index contributed by atoms with van der Waals surface area (Å²) in [6.45, 7) is 0. The van der Waals surface area contributed by atoms with Crippen LogP contribution in [0, 0.1) is 0 Å². The molecule has 0 N–H and O–H groups in total. The zero-order valence-electron chi connectivity index (χ0n) is 79.0. The molecular weight excluding hydrogens is 1760 g/mol. The normalized spacial score (nSPS) is 11.9. The van der Waals surface area contributed by atoms with Gasteiger partial charge in [-0.3, -0.25) is 0 Å². The Morgan fingerprint density at radius 2 is 0.248 bits per heavy atom. The number of fused-ring (bicyclic) bond motifs is 21. The lowest BCUT2D eigenvalue weighted by Gasteiger charge is -2.16. The van der Waals surface area contributed by atoms with E-state index in [2.05, 4.69) is 572 Å². The highest BCUT2D eigenvalue weighted by Gasteiger charge is 2.26. The monoisotopic (exact) mass is 1840 g/mol. The highest BCUT2D eigenvalue weighted by atomic mass is 15.0. The first-order valence-electron chi connectivity index (χ1n) is 49.9. The molecule has 0 radical (unpaired) electrons. The number of hydrogen-bond acceptors (Lipinski definition) is 0. The number of rotatable bonds is 14. The van der Waals surface area contributed by atoms with Gasteiger partial charge < -0.3 is 32.0 Å². The molecule has 676 valence electrons. The first kappa shape index (κ1) is 82.7. The minimum atomic E-state index is 1.10. The zero-order valence-corrected chi connectivity index (χ0v) is 79.0. The Labute approximate surface area is 836 Å². The Morgan fingerprint density at radius 1 is 0.0897 bits per heavy atom. The summed E-state index contributed by atoms with van der Waals surface area (Å²) < 4.78 is 16.9. The van der Waals surface area contributed by atoms with Crippen LogP contribution in [0.3, 0.4) is 0 Å². The lowest BCUT2D eigenvalue weighted by Crippen LogP contribution is -1.97. The molecule has 0 aliphatic carbocycles. The second kappa shape index (κ2) is 33.7. The van der Waals surface area contributed by atoms with Crippen LogP contribution in [-0.4, -0.2) is 32.0 Å². The van der Waals surface area contributed by atoms with E-state index >= 15 is 0 Å². The van der Waals surface area contributed by atoms with Gasteiger partial charge in [-0.05, 0) is 255 Å². The van der Waals surface area contributed by atoms with Crippen molar-refractivity contribution >= 4 is 153 Å². The van der Waals surface area contributed by atoms with Crippen molar-refractivity contribution in [2.75, 3.05) is 0 Å². The van der Waals surface area contributed by atoms with Crippen LogP contribution in [-0.2, 0) is 0 Å². The fourth-order valence-electron chi connectivity index (χ4n) is 23.6. The number of para-hydroxylation sites is 11. The predicted octanol–water partition coefficient (Wildman–Crippen LogP) is 36.7. The summed E-state index contributed by atoms with van der Waals surface area (Å²) >= 11 is 0. The smallest absolute Gasteiger partial charge is 0.0619 e. The molecule has 0 atom stereocenters. The van der Waals surface area contributed by atoms with Crippen molar-refractivity contribution in [1.82, 2.24) is 32.0 Å². The highest BCUT2D eigenvalue weighted by Crippen LogP contribution is 2.49. The molecule has 7 nitrogen and oxygen atoms in total. The topological polar surface area (TPSA) is 34.5 Å². The lowest BCUT2D eigenvalue weighted by atomic mass is 9.94. The fourth-order valence-corrected chi connectivity index (χ4v) is 23.6. The van der Waals surface area contributed by atoms with Gasteiger partial charge in [0.2, 0.25) is 0 Å². The van der Waals surface area contributed by atoms with Crippen molar-refractivity contribution in [3.8, 4) is 118 Å². The molecule has 0 fully saturated rings. The molecule has 7 heteroatoms. The second-order valence-corrected chi connectivity index (χ2v) is 38.2. The quantitative estimate of drug-likeness (QED) is 0.104. The van der Waals surface area contributed by atoms with Gasteiger partial charge in [0.1, 0.15) is 0 Å². The predicted molar refractivity (Wildman–Crippen MR) is 611 cm³/mol. The molecular formula is C138H89N7. The van der Waals surface area contributed by atoms with Crippen molar-refractivity contribution in [2.24, 2.45) is 0 Å². The average molecular weight is 1850 g/mol. The molecule has 30 aromatic rings. The van der Waals surface area contributed by atoms with Crippen LogP contribution in [0.1, 0.15) is 0 Å². The summed E-state index contributed by atoms with van der Waals surface area (Å²) in [4.78, 5) is 0. The number of aromatic nitrogens is 7. The Hall–Kier alpha value is -19.3. The number of benzene rings is 23. The highest BCUT2D eigenvalue weighted by molar-refractivity contribution is 6.20. The van der Waals surface area contributed by atoms with Gasteiger partial charge in [-0.1, -0.05) is 352 Å². The standard InChI is InChI=1S/C78H50N4.C60H39N3/c1-2-16-51(17-3-1)56-38-47-77-69(48-56)70-50-57(54-34-41-59(42-35-54)80-73-26-12-6-20-64(73)65-21-7-13-27-74(65)80)49-68(55-36-45-60(46-37-55)81-75-28-14-8-22-66(75)67-23-9-15-29-76(67)81)78(70)82(77)61-43-32-53(33-44-61)52-30-39-58(40-31-52)79-71-24-10-4-18-62(71)63-19-5-11-25-72(63)79;1-2-14-40(15-3-1)41-26-34-47(35-27-41)63-59-25-13-8-20-52(59)54-39-44(42-28-32-45(33-29-42)61-55-21-9-4-16-48(55)49-17-5-10-22-56(49)61)38-53(60(54)63)43-30-36-46(37-31-43)62-57-23-11-6-18-50(57)51-19-7-12-24-58(51)62/h1-50H;1-39H. The molecule has 7 heterocycles. The maximum atomic E-state index is 2.50. The fraction of sp³-hybridized carbons (Fsp3) is 0. The number of hydrogen-bond donors (Lipinski definition) is 0.